The van der Waals surface area contributed by atoms with Gasteiger partial charge in [-0.2, -0.15) is 0 Å². The molecule has 4 nitrogen and oxygen atoms in total. The fourth-order valence-electron chi connectivity index (χ4n) is 2.19. The molecule has 0 aromatic carbocycles. The van der Waals surface area contributed by atoms with Crippen LogP contribution in [0.1, 0.15) is 18.0 Å². The smallest absolute Gasteiger partial charge is 0.144 e. The van der Waals surface area contributed by atoms with Crippen molar-refractivity contribution in [2.75, 3.05) is 13.1 Å². The Morgan fingerprint density at radius 3 is 3.25 bits per heavy atom. The number of nitrogens with one attached hydrogen (secondary N) is 1. The van der Waals surface area contributed by atoms with Crippen molar-refractivity contribution in [3.8, 4) is 0 Å². The number of hydrogen-bond acceptors (Lipinski definition) is 4. The van der Waals surface area contributed by atoms with Crippen LogP contribution in [-0.4, -0.2) is 23.9 Å². The molecule has 3 heterocycles. The Morgan fingerprint density at radius 2 is 2.38 bits per heavy atom. The maximum atomic E-state index is 11.8. The van der Waals surface area contributed by atoms with E-state index in [0.29, 0.717) is 13.0 Å². The number of aromatic nitrogens is 1. The highest BCUT2D eigenvalue weighted by molar-refractivity contribution is 5.91. The van der Waals surface area contributed by atoms with Gasteiger partial charge in [-0.1, -0.05) is 0 Å². The van der Waals surface area contributed by atoms with Crippen molar-refractivity contribution in [1.82, 2.24) is 10.3 Å². The molecule has 0 aliphatic carbocycles. The van der Waals surface area contributed by atoms with Crippen molar-refractivity contribution in [1.29, 1.82) is 0 Å². The fraction of sp³-hybridized carbons (Fsp3) is 0.333. The molecule has 2 aromatic rings. The normalized spacial score (nSPS) is 21.5. The lowest BCUT2D eigenvalue weighted by molar-refractivity contribution is -0.121. The molecule has 0 bridgehead atoms. The van der Waals surface area contributed by atoms with Crippen molar-refractivity contribution in [2.24, 2.45) is 0 Å². The van der Waals surface area contributed by atoms with Crippen LogP contribution in [0, 0.1) is 0 Å². The summed E-state index contributed by atoms with van der Waals surface area (Å²) < 4.78 is 5.31. The van der Waals surface area contributed by atoms with Gasteiger partial charge in [0.2, 0.25) is 0 Å². The second kappa shape index (κ2) is 3.72. The summed E-state index contributed by atoms with van der Waals surface area (Å²) in [5.41, 5.74) is 1.63. The van der Waals surface area contributed by atoms with Gasteiger partial charge in [0, 0.05) is 31.1 Å². The second-order valence-corrected chi connectivity index (χ2v) is 4.00. The van der Waals surface area contributed by atoms with Gasteiger partial charge >= 0.3 is 0 Å². The highest BCUT2D eigenvalue weighted by atomic mass is 16.3. The van der Waals surface area contributed by atoms with Crippen LogP contribution >= 0.6 is 0 Å². The predicted molar refractivity (Wildman–Crippen MR) is 59.2 cm³/mol. The standard InChI is InChI=1S/C12H12N2O2/c15-10-1-4-13-7-9(10)12-8-3-6-16-11(8)2-5-14-12/h2-3,5-6,9,13H,1,4,7H2. The Balaban J connectivity index is 2.10. The number of pyridine rings is 1. The predicted octanol–water partition coefficient (Wildman–Crippen LogP) is 1.47. The second-order valence-electron chi connectivity index (χ2n) is 4.00. The number of Topliss-reactive ketones (excluding diaryl/α,β-unsaturated/α-hetero) is 1. The van der Waals surface area contributed by atoms with Crippen LogP contribution in [0.2, 0.25) is 0 Å². The van der Waals surface area contributed by atoms with Crippen LogP contribution in [-0.2, 0) is 4.79 Å². The van der Waals surface area contributed by atoms with Crippen LogP contribution in [0.15, 0.2) is 29.0 Å². The maximum absolute atomic E-state index is 11.8. The lowest BCUT2D eigenvalue weighted by Crippen LogP contribution is -2.35. The monoisotopic (exact) mass is 216 g/mol. The van der Waals surface area contributed by atoms with Gasteiger partial charge in [-0.15, -0.1) is 0 Å². The highest BCUT2D eigenvalue weighted by Crippen LogP contribution is 2.26. The molecule has 0 saturated carbocycles. The number of ketones is 1. The third-order valence-electron chi connectivity index (χ3n) is 3.03. The van der Waals surface area contributed by atoms with E-state index in [9.17, 15) is 4.79 Å². The van der Waals surface area contributed by atoms with Gasteiger partial charge in [-0.3, -0.25) is 9.78 Å². The lowest BCUT2D eigenvalue weighted by atomic mass is 9.92. The molecule has 4 heteroatoms. The van der Waals surface area contributed by atoms with Gasteiger partial charge in [-0.05, 0) is 12.1 Å². The number of fused-ring (bicyclic) bond motifs is 1. The van der Waals surface area contributed by atoms with E-state index in [-0.39, 0.29) is 11.7 Å². The number of rotatable bonds is 1. The fourth-order valence-corrected chi connectivity index (χ4v) is 2.19. The minimum atomic E-state index is -0.130. The van der Waals surface area contributed by atoms with E-state index < -0.39 is 0 Å². The van der Waals surface area contributed by atoms with Crippen molar-refractivity contribution >= 4 is 16.8 Å². The first-order chi connectivity index (χ1) is 7.86. The Kier molecular flexibility index (Phi) is 2.22. The van der Waals surface area contributed by atoms with E-state index in [1.807, 2.05) is 12.1 Å². The maximum Gasteiger partial charge on any atom is 0.144 e. The summed E-state index contributed by atoms with van der Waals surface area (Å²) in [6.07, 6.45) is 3.92. The van der Waals surface area contributed by atoms with Crippen LogP contribution < -0.4 is 5.32 Å². The molecule has 3 rings (SSSR count). The quantitative estimate of drug-likeness (QED) is 0.784. The molecule has 1 aliphatic rings. The van der Waals surface area contributed by atoms with Crippen molar-refractivity contribution < 1.29 is 9.21 Å². The summed E-state index contributed by atoms with van der Waals surface area (Å²) in [5, 5.41) is 4.18. The molecule has 0 spiro atoms. The minimum absolute atomic E-state index is 0.130. The van der Waals surface area contributed by atoms with E-state index in [1.54, 1.807) is 12.5 Å². The number of carbonyl (C=O) groups is 1. The average Bonchev–Trinajstić information content (AvgIpc) is 2.77. The first-order valence-corrected chi connectivity index (χ1v) is 5.42. The van der Waals surface area contributed by atoms with Gasteiger partial charge < -0.3 is 9.73 Å². The largest absolute Gasteiger partial charge is 0.464 e. The van der Waals surface area contributed by atoms with Gasteiger partial charge in [0.1, 0.15) is 11.4 Å². The Bertz CT molecular complexity index is 533. The number of piperidine rings is 1. The van der Waals surface area contributed by atoms with E-state index in [4.69, 9.17) is 4.42 Å². The average molecular weight is 216 g/mol. The van der Waals surface area contributed by atoms with Crippen molar-refractivity contribution in [3.05, 3.63) is 30.3 Å². The van der Waals surface area contributed by atoms with Crippen LogP contribution in [0.5, 0.6) is 0 Å². The molecule has 1 N–H and O–H groups in total. The van der Waals surface area contributed by atoms with Crippen molar-refractivity contribution in [3.63, 3.8) is 0 Å². The van der Waals surface area contributed by atoms with Crippen LogP contribution in [0.3, 0.4) is 0 Å². The van der Waals surface area contributed by atoms with E-state index in [2.05, 4.69) is 10.3 Å². The first kappa shape index (κ1) is 9.54. The zero-order valence-corrected chi connectivity index (χ0v) is 8.77. The van der Waals surface area contributed by atoms with Crippen LogP contribution in [0.4, 0.5) is 0 Å². The van der Waals surface area contributed by atoms with Gasteiger partial charge in [0.25, 0.3) is 0 Å². The number of nitrogens with zero attached hydrogens (tertiary/aromatic N) is 1. The molecule has 0 amide bonds. The molecule has 16 heavy (non-hydrogen) atoms. The lowest BCUT2D eigenvalue weighted by Gasteiger charge is -2.21. The Hall–Kier alpha value is -1.68. The van der Waals surface area contributed by atoms with Crippen molar-refractivity contribution in [2.45, 2.75) is 12.3 Å². The summed E-state index contributed by atoms with van der Waals surface area (Å²) in [6, 6.07) is 3.69. The molecular weight excluding hydrogens is 204 g/mol. The highest BCUT2D eigenvalue weighted by Gasteiger charge is 2.26. The Labute approximate surface area is 92.7 Å². The molecule has 1 aliphatic heterocycles. The molecule has 1 fully saturated rings. The van der Waals surface area contributed by atoms with Crippen LogP contribution in [0.25, 0.3) is 11.0 Å². The molecule has 1 atom stereocenters. The topological polar surface area (TPSA) is 55.1 Å². The summed E-state index contributed by atoms with van der Waals surface area (Å²) in [4.78, 5) is 16.2. The zero-order chi connectivity index (χ0) is 11.0. The summed E-state index contributed by atoms with van der Waals surface area (Å²) in [5.74, 6) is 0.134. The molecular formula is C12H12N2O2. The number of hydrogen-bond donors (Lipinski definition) is 1. The minimum Gasteiger partial charge on any atom is -0.464 e. The van der Waals surface area contributed by atoms with Gasteiger partial charge in [0.05, 0.1) is 17.9 Å². The van der Waals surface area contributed by atoms with Gasteiger partial charge in [0.15, 0.2) is 0 Å². The number of furan rings is 1. The Morgan fingerprint density at radius 1 is 1.44 bits per heavy atom. The third-order valence-corrected chi connectivity index (χ3v) is 3.03. The zero-order valence-electron chi connectivity index (χ0n) is 8.77. The molecule has 0 radical (unpaired) electrons. The third kappa shape index (κ3) is 1.42. The van der Waals surface area contributed by atoms with E-state index >= 15 is 0 Å². The summed E-state index contributed by atoms with van der Waals surface area (Å²) in [6.45, 7) is 1.45. The molecule has 1 unspecified atom stereocenters. The first-order valence-electron chi connectivity index (χ1n) is 5.42. The molecule has 1 saturated heterocycles. The van der Waals surface area contributed by atoms with E-state index in [1.165, 1.54) is 0 Å². The van der Waals surface area contributed by atoms with E-state index in [0.717, 1.165) is 23.2 Å². The summed E-state index contributed by atoms with van der Waals surface area (Å²) in [7, 11) is 0. The SMILES string of the molecule is O=C1CCNCC1c1nccc2occc12. The number of carbonyl (C=O) groups excluding carboxylic acids is 1. The molecule has 2 aromatic heterocycles. The van der Waals surface area contributed by atoms with Gasteiger partial charge in [-0.25, -0.2) is 0 Å². The summed E-state index contributed by atoms with van der Waals surface area (Å²) >= 11 is 0. The molecule has 82 valence electrons.